The zero-order valence-electron chi connectivity index (χ0n) is 13.3. The number of hydrogen-bond donors (Lipinski definition) is 1. The minimum absolute atomic E-state index is 0.0163. The number of carbonyl (C=O) groups is 1. The van der Waals surface area contributed by atoms with Crippen molar-refractivity contribution in [2.45, 2.75) is 49.6 Å². The number of amides is 2. The zero-order valence-corrected chi connectivity index (χ0v) is 14.1. The van der Waals surface area contributed by atoms with E-state index in [1.54, 1.807) is 11.8 Å². The third kappa shape index (κ3) is 3.10. The monoisotopic (exact) mass is 320 g/mol. The average Bonchev–Trinajstić information content (AvgIpc) is 3.19. The van der Waals surface area contributed by atoms with Crippen LogP contribution in [0.15, 0.2) is 23.1 Å². The van der Waals surface area contributed by atoms with Crippen molar-refractivity contribution >= 4 is 23.5 Å². The molecule has 0 unspecified atom stereocenters. The summed E-state index contributed by atoms with van der Waals surface area (Å²) in [6.07, 6.45) is 6.59. The van der Waals surface area contributed by atoms with Crippen molar-refractivity contribution in [1.29, 1.82) is 0 Å². The number of urea groups is 1. The molecule has 5 heteroatoms. The largest absolute Gasteiger partial charge is 0.376 e. The van der Waals surface area contributed by atoms with Gasteiger partial charge in [0, 0.05) is 18.0 Å². The first-order valence-electron chi connectivity index (χ1n) is 8.03. The molecule has 1 aromatic rings. The lowest BCUT2D eigenvalue weighted by Gasteiger charge is -2.29. The highest BCUT2D eigenvalue weighted by Gasteiger charge is 2.37. The van der Waals surface area contributed by atoms with Gasteiger partial charge < -0.3 is 15.0 Å². The van der Waals surface area contributed by atoms with Crippen molar-refractivity contribution in [2.75, 3.05) is 24.7 Å². The molecule has 0 aromatic heterocycles. The Hall–Kier alpha value is -1.20. The molecule has 22 heavy (non-hydrogen) atoms. The molecule has 0 radical (unpaired) electrons. The number of hydrogen-bond acceptors (Lipinski definition) is 3. The second kappa shape index (κ2) is 6.92. The second-order valence-corrected chi connectivity index (χ2v) is 6.88. The molecule has 2 saturated heterocycles. The van der Waals surface area contributed by atoms with E-state index in [4.69, 9.17) is 4.74 Å². The molecule has 2 aliphatic rings. The zero-order chi connectivity index (χ0) is 15.5. The van der Waals surface area contributed by atoms with Crippen LogP contribution in [0.4, 0.5) is 10.5 Å². The van der Waals surface area contributed by atoms with Gasteiger partial charge in [0.25, 0.3) is 0 Å². The van der Waals surface area contributed by atoms with Gasteiger partial charge in [0.2, 0.25) is 0 Å². The first-order chi connectivity index (χ1) is 10.7. The number of aryl methyl sites for hydroxylation is 1. The van der Waals surface area contributed by atoms with Gasteiger partial charge in [-0.2, -0.15) is 0 Å². The molecule has 2 aliphatic heterocycles. The predicted molar refractivity (Wildman–Crippen MR) is 90.7 cm³/mol. The van der Waals surface area contributed by atoms with E-state index in [1.165, 1.54) is 0 Å². The summed E-state index contributed by atoms with van der Waals surface area (Å²) in [6.45, 7) is 3.71. The highest BCUT2D eigenvalue weighted by molar-refractivity contribution is 7.98. The van der Waals surface area contributed by atoms with Crippen LogP contribution in [0.3, 0.4) is 0 Å². The van der Waals surface area contributed by atoms with Crippen LogP contribution in [0.25, 0.3) is 0 Å². The molecule has 0 bridgehead atoms. The number of ether oxygens (including phenoxy) is 1. The number of rotatable bonds is 3. The van der Waals surface area contributed by atoms with Crippen LogP contribution in [0, 0.1) is 6.92 Å². The van der Waals surface area contributed by atoms with Crippen LogP contribution in [0.1, 0.15) is 31.2 Å². The second-order valence-electron chi connectivity index (χ2n) is 6.04. The highest BCUT2D eigenvalue weighted by Crippen LogP contribution is 2.31. The van der Waals surface area contributed by atoms with Crippen molar-refractivity contribution in [3.63, 3.8) is 0 Å². The topological polar surface area (TPSA) is 41.6 Å². The molecule has 0 spiro atoms. The van der Waals surface area contributed by atoms with Crippen LogP contribution < -0.4 is 5.32 Å². The number of carbonyl (C=O) groups excluding carboxylic acids is 1. The number of anilines is 1. The Bertz CT molecular complexity index is 543. The third-order valence-corrected chi connectivity index (χ3v) is 5.42. The van der Waals surface area contributed by atoms with Crippen LogP contribution >= 0.6 is 11.8 Å². The summed E-state index contributed by atoms with van der Waals surface area (Å²) in [7, 11) is 0. The van der Waals surface area contributed by atoms with E-state index in [1.807, 2.05) is 30.2 Å². The van der Waals surface area contributed by atoms with Crippen molar-refractivity contribution in [1.82, 2.24) is 4.90 Å². The Morgan fingerprint density at radius 2 is 2.23 bits per heavy atom. The number of para-hydroxylation sites is 1. The maximum Gasteiger partial charge on any atom is 0.322 e. The minimum Gasteiger partial charge on any atom is -0.376 e. The van der Waals surface area contributed by atoms with E-state index in [9.17, 15) is 4.79 Å². The molecule has 120 valence electrons. The molecule has 2 amide bonds. The van der Waals surface area contributed by atoms with Crippen molar-refractivity contribution in [2.24, 2.45) is 0 Å². The molecule has 2 fully saturated rings. The summed E-state index contributed by atoms with van der Waals surface area (Å²) in [6, 6.07) is 6.37. The average molecular weight is 320 g/mol. The summed E-state index contributed by atoms with van der Waals surface area (Å²) < 4.78 is 5.81. The lowest BCUT2D eigenvalue weighted by molar-refractivity contribution is 0.0543. The van der Waals surface area contributed by atoms with E-state index >= 15 is 0 Å². The lowest BCUT2D eigenvalue weighted by atomic mass is 10.1. The molecular formula is C17H24N2O2S. The molecule has 4 nitrogen and oxygen atoms in total. The van der Waals surface area contributed by atoms with Crippen LogP contribution in [0.2, 0.25) is 0 Å². The number of benzene rings is 1. The Labute approximate surface area is 136 Å². The van der Waals surface area contributed by atoms with Gasteiger partial charge in [-0.15, -0.1) is 11.8 Å². The first kappa shape index (κ1) is 15.7. The maximum atomic E-state index is 12.8. The summed E-state index contributed by atoms with van der Waals surface area (Å²) in [5.74, 6) is 0. The standard InChI is InChI=1S/C17H24N2O2S/c1-12-6-3-9-15(22-2)16(12)18-17(20)19-10-4-7-13(19)14-8-5-11-21-14/h3,6,9,13-14H,4-5,7-8,10-11H2,1-2H3,(H,18,20)/t13-,14-/m1/s1. The molecular weight excluding hydrogens is 296 g/mol. The summed E-state index contributed by atoms with van der Waals surface area (Å²) >= 11 is 1.66. The van der Waals surface area contributed by atoms with E-state index in [2.05, 4.69) is 11.4 Å². The van der Waals surface area contributed by atoms with Crippen LogP contribution in [0.5, 0.6) is 0 Å². The molecule has 3 rings (SSSR count). The number of nitrogens with one attached hydrogen (secondary N) is 1. The maximum absolute atomic E-state index is 12.8. The predicted octanol–water partition coefficient (Wildman–Crippen LogP) is 3.89. The van der Waals surface area contributed by atoms with Gasteiger partial charge in [0.05, 0.1) is 17.8 Å². The number of likely N-dealkylation sites (tertiary alicyclic amines) is 1. The van der Waals surface area contributed by atoms with Crippen LogP contribution in [-0.4, -0.2) is 42.5 Å². The highest BCUT2D eigenvalue weighted by atomic mass is 32.2. The molecule has 1 aromatic carbocycles. The van der Waals surface area contributed by atoms with Gasteiger partial charge in [-0.3, -0.25) is 0 Å². The number of thioether (sulfide) groups is 1. The van der Waals surface area contributed by atoms with Crippen molar-refractivity contribution in [3.8, 4) is 0 Å². The lowest BCUT2D eigenvalue weighted by Crippen LogP contribution is -2.44. The minimum atomic E-state index is 0.0163. The Kier molecular flexibility index (Phi) is 4.93. The molecule has 0 saturated carbocycles. The SMILES string of the molecule is CSc1cccc(C)c1NC(=O)N1CCC[C@@H]1[C@H]1CCCO1. The Morgan fingerprint density at radius 1 is 1.36 bits per heavy atom. The number of nitrogens with zero attached hydrogens (tertiary/aromatic N) is 1. The van der Waals surface area contributed by atoms with E-state index in [-0.39, 0.29) is 18.2 Å². The Balaban J connectivity index is 1.74. The van der Waals surface area contributed by atoms with Crippen molar-refractivity contribution < 1.29 is 9.53 Å². The quantitative estimate of drug-likeness (QED) is 0.859. The fourth-order valence-corrected chi connectivity index (χ4v) is 4.12. The summed E-state index contributed by atoms with van der Waals surface area (Å²) in [4.78, 5) is 15.8. The third-order valence-electron chi connectivity index (χ3n) is 4.64. The fraction of sp³-hybridized carbons (Fsp3) is 0.588. The van der Waals surface area contributed by atoms with E-state index in [0.29, 0.717) is 0 Å². The van der Waals surface area contributed by atoms with Gasteiger partial charge >= 0.3 is 6.03 Å². The van der Waals surface area contributed by atoms with Gasteiger partial charge in [-0.25, -0.2) is 4.79 Å². The van der Waals surface area contributed by atoms with Crippen molar-refractivity contribution in [3.05, 3.63) is 23.8 Å². The van der Waals surface area contributed by atoms with E-state index < -0.39 is 0 Å². The summed E-state index contributed by atoms with van der Waals surface area (Å²) in [5, 5.41) is 3.14. The molecule has 2 atom stereocenters. The van der Waals surface area contributed by atoms with Gasteiger partial charge in [-0.1, -0.05) is 12.1 Å². The van der Waals surface area contributed by atoms with E-state index in [0.717, 1.165) is 55.0 Å². The summed E-state index contributed by atoms with van der Waals surface area (Å²) in [5.41, 5.74) is 2.05. The fourth-order valence-electron chi connectivity index (χ4n) is 3.49. The van der Waals surface area contributed by atoms with Gasteiger partial charge in [-0.05, 0) is 50.5 Å². The first-order valence-corrected chi connectivity index (χ1v) is 9.26. The Morgan fingerprint density at radius 3 is 2.95 bits per heavy atom. The molecule has 0 aliphatic carbocycles. The molecule has 2 heterocycles. The van der Waals surface area contributed by atoms with Gasteiger partial charge in [0.15, 0.2) is 0 Å². The smallest absolute Gasteiger partial charge is 0.322 e. The van der Waals surface area contributed by atoms with Crippen LogP contribution in [-0.2, 0) is 4.74 Å². The molecule has 1 N–H and O–H groups in total. The normalized spacial score (nSPS) is 24.7. The van der Waals surface area contributed by atoms with Gasteiger partial charge in [0.1, 0.15) is 0 Å².